The van der Waals surface area contributed by atoms with Crippen LogP contribution in [0.3, 0.4) is 0 Å². The fourth-order valence-electron chi connectivity index (χ4n) is 6.73. The summed E-state index contributed by atoms with van der Waals surface area (Å²) in [6.45, 7) is 19.5. The van der Waals surface area contributed by atoms with Gasteiger partial charge in [0, 0.05) is 35.5 Å². The molecule has 0 amide bonds. The molecule has 2 aromatic rings. The zero-order valence-electron chi connectivity index (χ0n) is 31.8. The fourth-order valence-corrected chi connectivity index (χ4v) is 6.73. The molecule has 2 fully saturated rings. The molecule has 2 aliphatic carbocycles. The van der Waals surface area contributed by atoms with Crippen LogP contribution in [0.4, 0.5) is 0 Å². The summed E-state index contributed by atoms with van der Waals surface area (Å²) in [6.07, 6.45) is 12.4. The van der Waals surface area contributed by atoms with E-state index in [1.807, 2.05) is 12.4 Å². The third-order valence-electron chi connectivity index (χ3n) is 9.38. The summed E-state index contributed by atoms with van der Waals surface area (Å²) in [5.41, 5.74) is 5.99. The fraction of sp³-hybridized carbons (Fsp3) is 0.610. The van der Waals surface area contributed by atoms with Gasteiger partial charge in [-0.25, -0.2) is 0 Å². The van der Waals surface area contributed by atoms with Crippen LogP contribution >= 0.6 is 0 Å². The van der Waals surface area contributed by atoms with Gasteiger partial charge in [0.2, 0.25) is 0 Å². The molecule has 0 aromatic heterocycles. The number of phenols is 2. The smallest absolute Gasteiger partial charge is 0.550 e. The number of carboxylic acids is 2. The number of hydrogen-bond acceptors (Lipinski definition) is 8. The minimum absolute atomic E-state index is 0. The first-order valence-electron chi connectivity index (χ1n) is 18.0. The maximum atomic E-state index is 11.2. The van der Waals surface area contributed by atoms with Crippen LogP contribution < -0.4 is 10.2 Å². The van der Waals surface area contributed by atoms with Crippen LogP contribution in [0.25, 0.3) is 0 Å². The van der Waals surface area contributed by atoms with Crippen molar-refractivity contribution < 1.29 is 46.8 Å². The molecule has 2 aliphatic rings. The largest absolute Gasteiger partial charge is 2.00 e. The van der Waals surface area contributed by atoms with E-state index in [9.17, 15) is 10.2 Å². The first-order valence-corrected chi connectivity index (χ1v) is 18.0. The van der Waals surface area contributed by atoms with Gasteiger partial charge in [0.05, 0.1) is 11.6 Å². The minimum Gasteiger partial charge on any atom is -0.550 e. The van der Waals surface area contributed by atoms with Crippen molar-refractivity contribution in [2.24, 2.45) is 27.7 Å². The van der Waals surface area contributed by atoms with Gasteiger partial charge in [-0.05, 0) is 129 Å². The Morgan fingerprint density at radius 2 is 1.22 bits per heavy atom. The van der Waals surface area contributed by atoms with Crippen LogP contribution in [-0.4, -0.2) is 46.2 Å². The van der Waals surface area contributed by atoms with E-state index >= 15 is 0 Å². The number of aromatic hydroxyl groups is 2. The number of nitrogens with zero attached hydrogens (tertiary/aromatic N) is 2. The number of carbonyl (C=O) groups is 2. The number of rotatable bonds is 12. The Kier molecular flexibility index (Phi) is 18.5. The van der Waals surface area contributed by atoms with Crippen molar-refractivity contribution >= 4 is 24.4 Å². The van der Waals surface area contributed by atoms with Crippen molar-refractivity contribution in [3.8, 4) is 11.5 Å². The van der Waals surface area contributed by atoms with Crippen molar-refractivity contribution in [1.29, 1.82) is 0 Å². The summed E-state index contributed by atoms with van der Waals surface area (Å²) < 4.78 is 0. The third kappa shape index (κ3) is 13.9. The first-order chi connectivity index (χ1) is 22.8. The second-order valence-electron chi connectivity index (χ2n) is 15.4. The van der Waals surface area contributed by atoms with Crippen molar-refractivity contribution in [2.75, 3.05) is 0 Å². The summed E-state index contributed by atoms with van der Waals surface area (Å²) in [4.78, 5) is 28.2. The predicted molar refractivity (Wildman–Crippen MR) is 196 cm³/mol. The molecular weight excluding hydrogens is 675 g/mol. The maximum absolute atomic E-state index is 11.2. The number of aliphatic carboxylic acids is 2. The second kappa shape index (κ2) is 20.6. The Morgan fingerprint density at radius 1 is 0.800 bits per heavy atom. The van der Waals surface area contributed by atoms with Crippen molar-refractivity contribution in [2.45, 2.75) is 144 Å². The Labute approximate surface area is 311 Å². The molecule has 3 atom stereocenters. The van der Waals surface area contributed by atoms with Crippen LogP contribution in [0.1, 0.15) is 153 Å². The number of benzene rings is 2. The van der Waals surface area contributed by atoms with E-state index in [4.69, 9.17) is 29.8 Å². The molecule has 0 aliphatic heterocycles. The molecular formula is C41H60CoN2O6. The van der Waals surface area contributed by atoms with Gasteiger partial charge in [-0.3, -0.25) is 9.98 Å². The van der Waals surface area contributed by atoms with Gasteiger partial charge in [-0.1, -0.05) is 67.5 Å². The zero-order chi connectivity index (χ0) is 37.1. The van der Waals surface area contributed by atoms with E-state index in [1.165, 1.54) is 17.5 Å². The van der Waals surface area contributed by atoms with Crippen LogP contribution in [0, 0.1) is 17.8 Å². The van der Waals surface area contributed by atoms with Crippen LogP contribution in [0.15, 0.2) is 34.3 Å². The summed E-state index contributed by atoms with van der Waals surface area (Å²) in [5.74, 6) is 0.984. The average molecular weight is 736 g/mol. The number of carboxylic acid groups (broad SMARTS) is 2. The van der Waals surface area contributed by atoms with E-state index in [0.29, 0.717) is 29.3 Å². The Bertz CT molecular complexity index is 1450. The molecule has 279 valence electrons. The molecule has 2 bridgehead atoms. The van der Waals surface area contributed by atoms with E-state index in [1.54, 1.807) is 0 Å². The predicted octanol–water partition coefficient (Wildman–Crippen LogP) is 6.88. The van der Waals surface area contributed by atoms with Gasteiger partial charge in [0.25, 0.3) is 0 Å². The number of phenolic OH excluding ortho intramolecular Hbond substituents is 2. The van der Waals surface area contributed by atoms with Crippen LogP contribution in [0.5, 0.6) is 11.5 Å². The van der Waals surface area contributed by atoms with E-state index in [2.05, 4.69) is 79.7 Å². The van der Waals surface area contributed by atoms with Gasteiger partial charge in [0.15, 0.2) is 0 Å². The maximum Gasteiger partial charge on any atom is 2.00 e. The topological polar surface area (TPSA) is 145 Å². The summed E-state index contributed by atoms with van der Waals surface area (Å²) in [7, 11) is 0. The number of hydrogen-bond donors (Lipinski definition) is 2. The molecule has 2 saturated carbocycles. The van der Waals surface area contributed by atoms with Crippen molar-refractivity contribution in [1.82, 2.24) is 0 Å². The molecule has 4 rings (SSSR count). The molecule has 50 heavy (non-hydrogen) atoms. The molecule has 0 heterocycles. The SMILES string of the molecule is CC(=O)[O-].CC(=O)[O-].CC(C)CCc1cc(C=NC2CC3CCC2(N=Cc2cc(CCC(C)C)cc(C(C)C)c2O)C3)c(O)c(C(C)C)c1.[Co+2]. The van der Waals surface area contributed by atoms with E-state index < -0.39 is 11.9 Å². The van der Waals surface area contributed by atoms with E-state index in [0.717, 1.165) is 81.0 Å². The molecule has 8 nitrogen and oxygen atoms in total. The Balaban J connectivity index is 0.00000125. The summed E-state index contributed by atoms with van der Waals surface area (Å²) >= 11 is 0. The van der Waals surface area contributed by atoms with Crippen LogP contribution in [-0.2, 0) is 39.2 Å². The zero-order valence-corrected chi connectivity index (χ0v) is 32.9. The third-order valence-corrected chi connectivity index (χ3v) is 9.38. The minimum atomic E-state index is -1.08. The number of fused-ring (bicyclic) bond motifs is 2. The molecule has 3 unspecified atom stereocenters. The van der Waals surface area contributed by atoms with Gasteiger partial charge in [-0.15, -0.1) is 0 Å². The monoisotopic (exact) mass is 735 g/mol. The number of aliphatic imine (C=N–C) groups is 2. The summed E-state index contributed by atoms with van der Waals surface area (Å²) in [5, 5.41) is 40.1. The molecule has 2 aromatic carbocycles. The average Bonchev–Trinajstić information content (AvgIpc) is 3.56. The molecule has 2 N–H and O–H groups in total. The second-order valence-corrected chi connectivity index (χ2v) is 15.4. The summed E-state index contributed by atoms with van der Waals surface area (Å²) in [6, 6.07) is 8.71. The Morgan fingerprint density at radius 3 is 1.60 bits per heavy atom. The van der Waals surface area contributed by atoms with Crippen molar-refractivity contribution in [3.63, 3.8) is 0 Å². The van der Waals surface area contributed by atoms with Gasteiger partial charge >= 0.3 is 16.8 Å². The van der Waals surface area contributed by atoms with Gasteiger partial charge in [0.1, 0.15) is 11.5 Å². The quantitative estimate of drug-likeness (QED) is 0.228. The normalized spacial score (nSPS) is 19.6. The molecule has 1 radical (unpaired) electrons. The molecule has 0 saturated heterocycles. The van der Waals surface area contributed by atoms with Gasteiger partial charge in [-0.2, -0.15) is 0 Å². The first kappa shape index (κ1) is 44.8. The standard InChI is InChI=1S/C37H54N2O2.2C2H4O2.Co/c1-23(2)9-11-27-15-30(35(40)32(17-27)25(5)6)21-38-34-19-29-13-14-37(34,20-29)39-22-31-16-28(12-10-24(3)4)18-33(26(7)8)36(31)41;2*1-2(3)4;/h15-18,21-26,29,34,40-41H,9-14,19-20H2,1-8H3;2*1H3,(H,3,4);/q;;;+2/p-2. The Hall–Kier alpha value is -3.17. The molecule has 0 spiro atoms. The van der Waals surface area contributed by atoms with Crippen LogP contribution in [0.2, 0.25) is 0 Å². The number of carbonyl (C=O) groups excluding carboxylic acids is 2. The number of aryl methyl sites for hydroxylation is 2. The van der Waals surface area contributed by atoms with E-state index in [-0.39, 0.29) is 40.2 Å². The van der Waals surface area contributed by atoms with Gasteiger partial charge < -0.3 is 30.0 Å². The van der Waals surface area contributed by atoms with Crippen molar-refractivity contribution in [3.05, 3.63) is 57.6 Å². The molecule has 9 heteroatoms.